The lowest BCUT2D eigenvalue weighted by molar-refractivity contribution is -0.147. The highest BCUT2D eigenvalue weighted by Crippen LogP contribution is 2.22. The summed E-state index contributed by atoms with van der Waals surface area (Å²) in [4.78, 5) is 28.1. The highest BCUT2D eigenvalue weighted by molar-refractivity contribution is 7.18. The molecule has 3 aromatic rings. The van der Waals surface area contributed by atoms with E-state index in [1.807, 2.05) is 24.3 Å². The molecule has 0 aliphatic rings. The third kappa shape index (κ3) is 5.34. The quantitative estimate of drug-likeness (QED) is 0.617. The van der Waals surface area contributed by atoms with Gasteiger partial charge in [0.15, 0.2) is 6.61 Å². The van der Waals surface area contributed by atoms with Crippen LogP contribution in [0.2, 0.25) is 0 Å². The fourth-order valence-electron chi connectivity index (χ4n) is 2.54. The van der Waals surface area contributed by atoms with Gasteiger partial charge in [-0.3, -0.25) is 9.59 Å². The van der Waals surface area contributed by atoms with Crippen molar-refractivity contribution in [3.8, 4) is 0 Å². The fourth-order valence-corrected chi connectivity index (χ4v) is 3.55. The molecule has 7 heteroatoms. The molecule has 2 aromatic carbocycles. The number of hydrogen-bond donors (Lipinski definition) is 1. The van der Waals surface area contributed by atoms with Crippen molar-refractivity contribution in [2.24, 2.45) is 0 Å². The summed E-state index contributed by atoms with van der Waals surface area (Å²) in [6.07, 6.45) is 1.46. The molecular formula is C20H19FN2O3S. The number of aryl methyl sites for hydroxylation is 2. The van der Waals surface area contributed by atoms with Crippen LogP contribution >= 0.6 is 11.3 Å². The van der Waals surface area contributed by atoms with Gasteiger partial charge in [-0.2, -0.15) is 0 Å². The number of thiazole rings is 1. The molecule has 0 saturated carbocycles. The Hall–Kier alpha value is -2.80. The van der Waals surface area contributed by atoms with Crippen LogP contribution in [0.15, 0.2) is 42.5 Å². The van der Waals surface area contributed by atoms with Gasteiger partial charge in [-0.1, -0.05) is 18.2 Å². The second-order valence-electron chi connectivity index (χ2n) is 6.12. The zero-order valence-corrected chi connectivity index (χ0v) is 15.6. The maximum absolute atomic E-state index is 13.7. The molecule has 27 heavy (non-hydrogen) atoms. The van der Waals surface area contributed by atoms with Crippen LogP contribution in [-0.4, -0.2) is 23.5 Å². The Kier molecular flexibility index (Phi) is 6.13. The predicted molar refractivity (Wildman–Crippen MR) is 103 cm³/mol. The van der Waals surface area contributed by atoms with E-state index in [0.29, 0.717) is 12.8 Å². The smallest absolute Gasteiger partial charge is 0.306 e. The molecule has 0 bridgehead atoms. The van der Waals surface area contributed by atoms with Gasteiger partial charge in [-0.15, -0.1) is 11.3 Å². The molecule has 140 valence electrons. The number of amides is 1. The minimum Gasteiger partial charge on any atom is -0.456 e. The molecule has 0 aliphatic heterocycles. The summed E-state index contributed by atoms with van der Waals surface area (Å²) in [6, 6.07) is 12.4. The molecule has 1 amide bonds. The van der Waals surface area contributed by atoms with E-state index >= 15 is 0 Å². The van der Waals surface area contributed by atoms with Crippen LogP contribution in [-0.2, 0) is 20.7 Å². The van der Waals surface area contributed by atoms with Gasteiger partial charge < -0.3 is 10.1 Å². The summed E-state index contributed by atoms with van der Waals surface area (Å²) in [5.74, 6) is -1.56. The summed E-state index contributed by atoms with van der Waals surface area (Å²) in [5.41, 5.74) is 1.78. The second kappa shape index (κ2) is 8.73. The number of para-hydroxylation sites is 1. The number of fused-ring (bicyclic) bond motifs is 1. The van der Waals surface area contributed by atoms with Gasteiger partial charge in [-0.25, -0.2) is 9.37 Å². The Morgan fingerprint density at radius 2 is 2.04 bits per heavy atom. The number of anilines is 1. The largest absolute Gasteiger partial charge is 0.456 e. The first-order chi connectivity index (χ1) is 13.0. The third-order valence-corrected chi connectivity index (χ3v) is 4.97. The monoisotopic (exact) mass is 386 g/mol. The summed E-state index contributed by atoms with van der Waals surface area (Å²) in [6.45, 7) is 1.32. The number of halogens is 1. The van der Waals surface area contributed by atoms with Crippen molar-refractivity contribution in [2.75, 3.05) is 11.9 Å². The Bertz CT molecular complexity index is 938. The van der Waals surface area contributed by atoms with Crippen molar-refractivity contribution >= 4 is 39.1 Å². The highest BCUT2D eigenvalue weighted by atomic mass is 32.1. The van der Waals surface area contributed by atoms with Crippen molar-refractivity contribution in [1.29, 1.82) is 0 Å². The van der Waals surface area contributed by atoms with E-state index in [9.17, 15) is 14.0 Å². The van der Waals surface area contributed by atoms with E-state index in [1.54, 1.807) is 24.3 Å². The lowest BCUT2D eigenvalue weighted by Gasteiger charge is -2.08. The standard InChI is InChI=1S/C20H19FN2O3S/c1-13-9-10-15(14(21)11-13)22-18(24)12-26-20(25)8-4-7-19-23-16-5-2-3-6-17(16)27-19/h2-3,5-6,9-11H,4,7-8,12H2,1H3,(H,22,24). The van der Waals surface area contributed by atoms with Crippen molar-refractivity contribution in [1.82, 2.24) is 4.98 Å². The molecule has 0 aliphatic carbocycles. The first-order valence-corrected chi connectivity index (χ1v) is 9.39. The summed E-state index contributed by atoms with van der Waals surface area (Å²) in [5, 5.41) is 3.36. The van der Waals surface area contributed by atoms with E-state index in [-0.39, 0.29) is 12.1 Å². The average molecular weight is 386 g/mol. The van der Waals surface area contributed by atoms with Gasteiger partial charge in [0.2, 0.25) is 0 Å². The van der Waals surface area contributed by atoms with Crippen molar-refractivity contribution in [2.45, 2.75) is 26.2 Å². The lowest BCUT2D eigenvalue weighted by atomic mass is 10.2. The fraction of sp³-hybridized carbons (Fsp3) is 0.250. The molecule has 1 N–H and O–H groups in total. The van der Waals surface area contributed by atoms with Crippen LogP contribution in [0.5, 0.6) is 0 Å². The summed E-state index contributed by atoms with van der Waals surface area (Å²) in [7, 11) is 0. The first-order valence-electron chi connectivity index (χ1n) is 8.57. The summed E-state index contributed by atoms with van der Waals surface area (Å²) < 4.78 is 19.8. The predicted octanol–water partition coefficient (Wildman–Crippen LogP) is 4.25. The number of carbonyl (C=O) groups is 2. The average Bonchev–Trinajstić information content (AvgIpc) is 3.05. The molecule has 5 nitrogen and oxygen atoms in total. The number of ether oxygens (including phenoxy) is 1. The number of rotatable bonds is 7. The van der Waals surface area contributed by atoms with Gasteiger partial charge in [0.05, 0.1) is 20.9 Å². The molecule has 0 radical (unpaired) electrons. The first kappa shape index (κ1) is 19.0. The van der Waals surface area contributed by atoms with Crippen LogP contribution in [0, 0.1) is 12.7 Å². The van der Waals surface area contributed by atoms with Gasteiger partial charge >= 0.3 is 5.97 Å². The minimum absolute atomic E-state index is 0.0671. The molecule has 1 aromatic heterocycles. The maximum atomic E-state index is 13.7. The van der Waals surface area contributed by atoms with Crippen LogP contribution in [0.4, 0.5) is 10.1 Å². The number of esters is 1. The molecule has 1 heterocycles. The van der Waals surface area contributed by atoms with Gasteiger partial charge in [0.1, 0.15) is 5.82 Å². The highest BCUT2D eigenvalue weighted by Gasteiger charge is 2.11. The molecule has 3 rings (SSSR count). The second-order valence-corrected chi connectivity index (χ2v) is 7.24. The van der Waals surface area contributed by atoms with E-state index < -0.39 is 24.3 Å². The van der Waals surface area contributed by atoms with Crippen LogP contribution < -0.4 is 5.32 Å². The minimum atomic E-state index is -0.572. The topological polar surface area (TPSA) is 68.3 Å². The Balaban J connectivity index is 1.39. The zero-order chi connectivity index (χ0) is 19.2. The normalized spacial score (nSPS) is 10.7. The zero-order valence-electron chi connectivity index (χ0n) is 14.8. The molecule has 0 saturated heterocycles. The molecule has 0 unspecified atom stereocenters. The SMILES string of the molecule is Cc1ccc(NC(=O)COC(=O)CCCc2nc3ccccc3s2)c(F)c1. The number of aromatic nitrogens is 1. The van der Waals surface area contributed by atoms with E-state index in [4.69, 9.17) is 4.74 Å². The molecular weight excluding hydrogens is 367 g/mol. The van der Waals surface area contributed by atoms with Crippen molar-refractivity contribution < 1.29 is 18.7 Å². The Morgan fingerprint density at radius 1 is 1.22 bits per heavy atom. The van der Waals surface area contributed by atoms with Crippen LogP contribution in [0.25, 0.3) is 10.2 Å². The number of nitrogens with zero attached hydrogens (tertiary/aromatic N) is 1. The number of benzene rings is 2. The number of nitrogens with one attached hydrogen (secondary N) is 1. The van der Waals surface area contributed by atoms with Gasteiger partial charge in [-0.05, 0) is 49.6 Å². The van der Waals surface area contributed by atoms with E-state index in [0.717, 1.165) is 20.8 Å². The molecule has 0 fully saturated rings. The van der Waals surface area contributed by atoms with Crippen LogP contribution in [0.3, 0.4) is 0 Å². The summed E-state index contributed by atoms with van der Waals surface area (Å²) >= 11 is 1.61. The van der Waals surface area contributed by atoms with E-state index in [2.05, 4.69) is 10.3 Å². The molecule has 0 spiro atoms. The third-order valence-electron chi connectivity index (χ3n) is 3.87. The number of hydrogen-bond acceptors (Lipinski definition) is 5. The number of carbonyl (C=O) groups excluding carboxylic acids is 2. The van der Waals surface area contributed by atoms with Gasteiger partial charge in [0.25, 0.3) is 5.91 Å². The van der Waals surface area contributed by atoms with Crippen molar-refractivity contribution in [3.63, 3.8) is 0 Å². The Morgan fingerprint density at radius 3 is 2.81 bits per heavy atom. The van der Waals surface area contributed by atoms with Gasteiger partial charge in [0, 0.05) is 6.42 Å². The molecule has 0 atom stereocenters. The van der Waals surface area contributed by atoms with Crippen LogP contribution in [0.1, 0.15) is 23.4 Å². The van der Waals surface area contributed by atoms with E-state index in [1.165, 1.54) is 12.1 Å². The lowest BCUT2D eigenvalue weighted by Crippen LogP contribution is -2.21. The Labute approximate surface area is 160 Å². The van der Waals surface area contributed by atoms with Crippen molar-refractivity contribution in [3.05, 3.63) is 58.9 Å². The maximum Gasteiger partial charge on any atom is 0.306 e.